The average molecular weight is 338 g/mol. The molecule has 23 heavy (non-hydrogen) atoms. The molecule has 1 spiro atoms. The number of aromatic nitrogens is 1. The van der Waals surface area contributed by atoms with E-state index < -0.39 is 21.5 Å². The number of rotatable bonds is 3. The molecule has 3 heterocycles. The summed E-state index contributed by atoms with van der Waals surface area (Å²) >= 11 is 0. The van der Waals surface area contributed by atoms with Crippen LogP contribution in [0.5, 0.6) is 0 Å². The molecule has 0 amide bonds. The highest BCUT2D eigenvalue weighted by molar-refractivity contribution is 7.89. The van der Waals surface area contributed by atoms with Crippen LogP contribution in [0.25, 0.3) is 0 Å². The average Bonchev–Trinajstić information content (AvgIpc) is 2.56. The molecule has 1 saturated heterocycles. The van der Waals surface area contributed by atoms with Crippen LogP contribution in [-0.2, 0) is 14.8 Å². The highest BCUT2D eigenvalue weighted by Gasteiger charge is 2.46. The highest BCUT2D eigenvalue weighted by atomic mass is 32.2. The van der Waals surface area contributed by atoms with Crippen molar-refractivity contribution in [2.75, 3.05) is 19.8 Å². The zero-order chi connectivity index (χ0) is 16.5. The van der Waals surface area contributed by atoms with Crippen molar-refractivity contribution in [3.05, 3.63) is 36.2 Å². The van der Waals surface area contributed by atoms with Crippen LogP contribution in [0.4, 0.5) is 0 Å². The lowest BCUT2D eigenvalue weighted by Gasteiger charge is -2.46. The van der Waals surface area contributed by atoms with Crippen molar-refractivity contribution >= 4 is 16.0 Å². The normalized spacial score (nSPS) is 21.4. The number of ether oxygens (including phenoxy) is 1. The Kier molecular flexibility index (Phi) is 4.22. The molecule has 0 saturated carbocycles. The first-order valence-corrected chi connectivity index (χ1v) is 8.84. The molecule has 2 aliphatic heterocycles. The summed E-state index contributed by atoms with van der Waals surface area (Å²) in [5.74, 6) is -1.28. The van der Waals surface area contributed by atoms with Crippen molar-refractivity contribution in [3.63, 3.8) is 0 Å². The van der Waals surface area contributed by atoms with Crippen LogP contribution < -0.4 is 0 Å². The molecule has 0 radical (unpaired) electrons. The van der Waals surface area contributed by atoms with E-state index >= 15 is 0 Å². The molecule has 1 N–H and O–H groups in total. The van der Waals surface area contributed by atoms with Gasteiger partial charge in [0.2, 0.25) is 10.0 Å². The molecular weight excluding hydrogens is 320 g/mol. The van der Waals surface area contributed by atoms with E-state index in [0.29, 0.717) is 32.5 Å². The van der Waals surface area contributed by atoms with E-state index in [0.717, 1.165) is 6.20 Å². The summed E-state index contributed by atoms with van der Waals surface area (Å²) in [6.45, 7) is 1.23. The smallest absolute Gasteiger partial charge is 0.337 e. The van der Waals surface area contributed by atoms with E-state index in [1.165, 1.54) is 16.6 Å². The van der Waals surface area contributed by atoms with Gasteiger partial charge in [-0.2, -0.15) is 4.31 Å². The van der Waals surface area contributed by atoms with Crippen molar-refractivity contribution in [1.29, 1.82) is 0 Å². The first kappa shape index (κ1) is 16.1. The topological polar surface area (TPSA) is 96.8 Å². The van der Waals surface area contributed by atoms with Crippen molar-refractivity contribution < 1.29 is 23.1 Å². The van der Waals surface area contributed by atoms with Gasteiger partial charge in [-0.05, 0) is 25.3 Å². The second-order valence-corrected chi connectivity index (χ2v) is 7.56. The molecular formula is C15H18N2O5S. The fraction of sp³-hybridized carbons (Fsp3) is 0.467. The van der Waals surface area contributed by atoms with Gasteiger partial charge in [-0.3, -0.25) is 4.98 Å². The zero-order valence-electron chi connectivity index (χ0n) is 12.5. The summed E-state index contributed by atoms with van der Waals surface area (Å²) in [5.41, 5.74) is -0.797. The predicted molar refractivity (Wildman–Crippen MR) is 81.6 cm³/mol. The lowest BCUT2D eigenvalue weighted by Crippen LogP contribution is -2.55. The summed E-state index contributed by atoms with van der Waals surface area (Å²) in [6, 6.07) is 1.21. The van der Waals surface area contributed by atoms with Crippen molar-refractivity contribution in [2.45, 2.75) is 29.7 Å². The third-order valence-corrected chi connectivity index (χ3v) is 6.47. The Labute approximate surface area is 134 Å². The molecule has 124 valence electrons. The van der Waals surface area contributed by atoms with Gasteiger partial charge in [0.1, 0.15) is 4.90 Å². The number of carbonyl (C=O) groups is 1. The van der Waals surface area contributed by atoms with Crippen LogP contribution in [0.15, 0.2) is 35.5 Å². The molecule has 1 aromatic heterocycles. The Morgan fingerprint density at radius 1 is 1.30 bits per heavy atom. The van der Waals surface area contributed by atoms with Crippen LogP contribution in [-0.4, -0.2) is 54.1 Å². The molecule has 0 atom stereocenters. The second-order valence-electron chi connectivity index (χ2n) is 5.73. The zero-order valence-corrected chi connectivity index (χ0v) is 13.3. The standard InChI is InChI=1S/C15H18N2O5S/c18-14(19)12-3-7-16-11-13(12)23(20,21)17-8-2-1-4-15(17)5-9-22-10-6-15/h1-3,7,11H,4-6,8-10H2,(H,18,19). The number of aromatic carboxylic acids is 1. The van der Waals surface area contributed by atoms with Gasteiger partial charge in [0.25, 0.3) is 0 Å². The molecule has 0 aromatic carbocycles. The van der Waals surface area contributed by atoms with Gasteiger partial charge >= 0.3 is 5.97 Å². The predicted octanol–water partition coefficient (Wildman–Crippen LogP) is 1.28. The van der Waals surface area contributed by atoms with Crippen LogP contribution >= 0.6 is 0 Å². The van der Waals surface area contributed by atoms with E-state index in [1.807, 2.05) is 6.08 Å². The van der Waals surface area contributed by atoms with E-state index in [2.05, 4.69) is 4.98 Å². The largest absolute Gasteiger partial charge is 0.478 e. The molecule has 3 rings (SSSR count). The summed E-state index contributed by atoms with van der Waals surface area (Å²) in [7, 11) is -3.96. The fourth-order valence-electron chi connectivity index (χ4n) is 3.21. The highest BCUT2D eigenvalue weighted by Crippen LogP contribution is 2.38. The van der Waals surface area contributed by atoms with Crippen molar-refractivity contribution in [2.24, 2.45) is 0 Å². The van der Waals surface area contributed by atoms with Gasteiger partial charge in [-0.25, -0.2) is 13.2 Å². The minimum absolute atomic E-state index is 0.232. The maximum atomic E-state index is 13.1. The lowest BCUT2D eigenvalue weighted by atomic mass is 9.85. The number of carboxylic acids is 1. The number of pyridine rings is 1. The van der Waals surface area contributed by atoms with Crippen molar-refractivity contribution in [1.82, 2.24) is 9.29 Å². The fourth-order valence-corrected chi connectivity index (χ4v) is 5.12. The van der Waals surface area contributed by atoms with Crippen LogP contribution in [0.3, 0.4) is 0 Å². The summed E-state index contributed by atoms with van der Waals surface area (Å²) < 4.78 is 33.1. The molecule has 7 nitrogen and oxygen atoms in total. The Balaban J connectivity index is 2.08. The second kappa shape index (κ2) is 6.03. The third-order valence-electron chi connectivity index (χ3n) is 4.47. The summed E-state index contributed by atoms with van der Waals surface area (Å²) in [5, 5.41) is 9.28. The Hall–Kier alpha value is -1.77. The third kappa shape index (κ3) is 2.77. The molecule has 0 bridgehead atoms. The first-order valence-electron chi connectivity index (χ1n) is 7.40. The van der Waals surface area contributed by atoms with Gasteiger partial charge in [-0.1, -0.05) is 12.2 Å². The van der Waals surface area contributed by atoms with E-state index in [9.17, 15) is 18.3 Å². The van der Waals surface area contributed by atoms with Gasteiger partial charge in [0.15, 0.2) is 0 Å². The quantitative estimate of drug-likeness (QED) is 0.834. The van der Waals surface area contributed by atoms with Gasteiger partial charge in [0, 0.05) is 37.7 Å². The minimum atomic E-state index is -3.96. The van der Waals surface area contributed by atoms with Gasteiger partial charge in [0.05, 0.1) is 5.56 Å². The number of nitrogens with zero attached hydrogens (tertiary/aromatic N) is 2. The minimum Gasteiger partial charge on any atom is -0.478 e. The summed E-state index contributed by atoms with van der Waals surface area (Å²) in [6.07, 6.45) is 7.98. The van der Waals surface area contributed by atoms with Gasteiger partial charge in [-0.15, -0.1) is 0 Å². The Bertz CT molecular complexity index is 738. The number of carboxylic acid groups (broad SMARTS) is 1. The number of hydrogen-bond donors (Lipinski definition) is 1. The van der Waals surface area contributed by atoms with Crippen LogP contribution in [0, 0.1) is 0 Å². The monoisotopic (exact) mass is 338 g/mol. The van der Waals surface area contributed by atoms with Crippen LogP contribution in [0.1, 0.15) is 29.6 Å². The van der Waals surface area contributed by atoms with E-state index in [1.54, 1.807) is 6.08 Å². The number of sulfonamides is 1. The number of hydrogen-bond acceptors (Lipinski definition) is 5. The van der Waals surface area contributed by atoms with E-state index in [4.69, 9.17) is 4.74 Å². The molecule has 8 heteroatoms. The first-order chi connectivity index (χ1) is 11.0. The van der Waals surface area contributed by atoms with Gasteiger partial charge < -0.3 is 9.84 Å². The van der Waals surface area contributed by atoms with E-state index in [-0.39, 0.29) is 17.0 Å². The van der Waals surface area contributed by atoms with Crippen LogP contribution in [0.2, 0.25) is 0 Å². The molecule has 0 unspecified atom stereocenters. The molecule has 2 aliphatic rings. The molecule has 0 aliphatic carbocycles. The Morgan fingerprint density at radius 2 is 2.04 bits per heavy atom. The summed E-state index contributed by atoms with van der Waals surface area (Å²) in [4.78, 5) is 14.9. The maximum Gasteiger partial charge on any atom is 0.337 e. The molecule has 1 aromatic rings. The SMILES string of the molecule is O=C(O)c1ccncc1S(=O)(=O)N1CC=CCC12CCOCC2. The maximum absolute atomic E-state index is 13.1. The molecule has 1 fully saturated rings. The van der Waals surface area contributed by atoms with Crippen molar-refractivity contribution in [3.8, 4) is 0 Å². The lowest BCUT2D eigenvalue weighted by molar-refractivity contribution is 0.00702. The Morgan fingerprint density at radius 3 is 2.74 bits per heavy atom.